The second-order valence-electron chi connectivity index (χ2n) is 4.84. The maximum absolute atomic E-state index is 13.9. The predicted molar refractivity (Wildman–Crippen MR) is 89.0 cm³/mol. The SMILES string of the molecule is CC(NCc1nc2ccccc2s1)c1ccc(Br)cc1F. The van der Waals surface area contributed by atoms with Crippen molar-refractivity contribution in [3.05, 3.63) is 63.3 Å². The lowest BCUT2D eigenvalue weighted by Crippen LogP contribution is -2.19. The van der Waals surface area contributed by atoms with E-state index in [0.29, 0.717) is 12.1 Å². The zero-order valence-corrected chi connectivity index (χ0v) is 13.8. The Morgan fingerprint density at radius 2 is 2.10 bits per heavy atom. The third-order valence-corrected chi connectivity index (χ3v) is 4.86. The maximum atomic E-state index is 13.9. The standard InChI is InChI=1S/C16H14BrFN2S/c1-10(12-7-6-11(17)8-13(12)18)19-9-16-20-14-4-2-3-5-15(14)21-16/h2-8,10,19H,9H2,1H3. The summed E-state index contributed by atoms with van der Waals surface area (Å²) in [6.45, 7) is 2.59. The Morgan fingerprint density at radius 3 is 2.86 bits per heavy atom. The Balaban J connectivity index is 1.71. The van der Waals surface area contributed by atoms with Gasteiger partial charge in [-0.25, -0.2) is 9.37 Å². The summed E-state index contributed by atoms with van der Waals surface area (Å²) in [5.41, 5.74) is 1.68. The molecule has 1 atom stereocenters. The molecular formula is C16H14BrFN2S. The normalized spacial score (nSPS) is 12.7. The summed E-state index contributed by atoms with van der Waals surface area (Å²) in [5, 5.41) is 4.34. The number of thiazole rings is 1. The highest BCUT2D eigenvalue weighted by atomic mass is 79.9. The number of hydrogen-bond donors (Lipinski definition) is 1. The summed E-state index contributed by atoms with van der Waals surface area (Å²) in [6, 6.07) is 13.2. The van der Waals surface area contributed by atoms with Gasteiger partial charge in [0.25, 0.3) is 0 Å². The minimum atomic E-state index is -0.200. The highest BCUT2D eigenvalue weighted by molar-refractivity contribution is 9.10. The average molecular weight is 365 g/mol. The summed E-state index contributed by atoms with van der Waals surface area (Å²) in [5.74, 6) is -0.200. The fourth-order valence-corrected chi connectivity index (χ4v) is 3.45. The van der Waals surface area contributed by atoms with Crippen LogP contribution in [0.2, 0.25) is 0 Å². The molecule has 1 heterocycles. The number of hydrogen-bond acceptors (Lipinski definition) is 3. The van der Waals surface area contributed by atoms with Gasteiger partial charge < -0.3 is 5.32 Å². The first-order valence-corrected chi connectivity index (χ1v) is 8.27. The maximum Gasteiger partial charge on any atom is 0.129 e. The van der Waals surface area contributed by atoms with Crippen molar-refractivity contribution in [3.8, 4) is 0 Å². The van der Waals surface area contributed by atoms with Crippen LogP contribution in [0, 0.1) is 5.82 Å². The number of para-hydroxylation sites is 1. The van der Waals surface area contributed by atoms with Gasteiger partial charge >= 0.3 is 0 Å². The minimum absolute atomic E-state index is 0.0647. The molecule has 0 aliphatic carbocycles. The van der Waals surface area contributed by atoms with E-state index in [0.717, 1.165) is 15.0 Å². The molecule has 0 amide bonds. The molecule has 2 aromatic carbocycles. The zero-order valence-electron chi connectivity index (χ0n) is 11.4. The van der Waals surface area contributed by atoms with Crippen molar-refractivity contribution in [1.29, 1.82) is 0 Å². The van der Waals surface area contributed by atoms with Gasteiger partial charge in [-0.2, -0.15) is 0 Å². The van der Waals surface area contributed by atoms with Gasteiger partial charge in [0.15, 0.2) is 0 Å². The van der Waals surface area contributed by atoms with E-state index in [1.54, 1.807) is 17.4 Å². The Labute approximate surface area is 135 Å². The molecule has 3 aromatic rings. The fourth-order valence-electron chi connectivity index (χ4n) is 2.20. The minimum Gasteiger partial charge on any atom is -0.304 e. The van der Waals surface area contributed by atoms with Crippen molar-refractivity contribution in [2.75, 3.05) is 0 Å². The van der Waals surface area contributed by atoms with E-state index in [1.807, 2.05) is 31.2 Å². The molecule has 108 valence electrons. The Bertz CT molecular complexity index is 739. The molecule has 1 unspecified atom stereocenters. The van der Waals surface area contributed by atoms with Gasteiger partial charge in [0.1, 0.15) is 10.8 Å². The number of nitrogens with zero attached hydrogens (tertiary/aromatic N) is 1. The van der Waals surface area contributed by atoms with Crippen molar-refractivity contribution in [2.45, 2.75) is 19.5 Å². The van der Waals surface area contributed by atoms with E-state index in [1.165, 1.54) is 10.8 Å². The van der Waals surface area contributed by atoms with Crippen molar-refractivity contribution < 1.29 is 4.39 Å². The number of halogens is 2. The number of fused-ring (bicyclic) bond motifs is 1. The fraction of sp³-hybridized carbons (Fsp3) is 0.188. The van der Waals surface area contributed by atoms with Crippen LogP contribution in [0.25, 0.3) is 10.2 Å². The molecule has 0 fully saturated rings. The zero-order chi connectivity index (χ0) is 14.8. The van der Waals surface area contributed by atoms with E-state index >= 15 is 0 Å². The molecule has 1 aromatic heterocycles. The molecule has 0 bridgehead atoms. The van der Waals surface area contributed by atoms with Crippen LogP contribution in [-0.4, -0.2) is 4.98 Å². The van der Waals surface area contributed by atoms with Gasteiger partial charge in [-0.1, -0.05) is 34.1 Å². The van der Waals surface area contributed by atoms with Crippen molar-refractivity contribution >= 4 is 37.5 Å². The Kier molecular flexibility index (Phi) is 4.33. The first kappa shape index (κ1) is 14.6. The molecule has 0 spiro atoms. The van der Waals surface area contributed by atoms with E-state index in [9.17, 15) is 4.39 Å². The first-order chi connectivity index (χ1) is 10.1. The van der Waals surface area contributed by atoms with Gasteiger partial charge in [0.05, 0.1) is 10.2 Å². The van der Waals surface area contributed by atoms with Gasteiger partial charge in [-0.3, -0.25) is 0 Å². The molecule has 0 aliphatic rings. The van der Waals surface area contributed by atoms with Crippen molar-refractivity contribution in [1.82, 2.24) is 10.3 Å². The number of benzene rings is 2. The summed E-state index contributed by atoms with van der Waals surface area (Å²) in [4.78, 5) is 4.57. The summed E-state index contributed by atoms with van der Waals surface area (Å²) < 4.78 is 15.8. The third-order valence-electron chi connectivity index (χ3n) is 3.33. The largest absolute Gasteiger partial charge is 0.304 e. The third kappa shape index (κ3) is 3.31. The second kappa shape index (κ2) is 6.22. The summed E-state index contributed by atoms with van der Waals surface area (Å²) in [7, 11) is 0. The van der Waals surface area contributed by atoms with E-state index in [-0.39, 0.29) is 11.9 Å². The van der Waals surface area contributed by atoms with Gasteiger partial charge in [-0.15, -0.1) is 11.3 Å². The molecule has 0 saturated carbocycles. The molecular weight excluding hydrogens is 351 g/mol. The molecule has 1 N–H and O–H groups in total. The first-order valence-electron chi connectivity index (χ1n) is 6.66. The molecule has 21 heavy (non-hydrogen) atoms. The highest BCUT2D eigenvalue weighted by Crippen LogP contribution is 2.24. The number of rotatable bonds is 4. The number of aromatic nitrogens is 1. The van der Waals surface area contributed by atoms with Gasteiger partial charge in [0, 0.05) is 22.6 Å². The lowest BCUT2D eigenvalue weighted by atomic mass is 10.1. The number of nitrogens with one attached hydrogen (secondary N) is 1. The predicted octanol–water partition coefficient (Wildman–Crippen LogP) is 5.05. The van der Waals surface area contributed by atoms with Crippen molar-refractivity contribution in [2.24, 2.45) is 0 Å². The lowest BCUT2D eigenvalue weighted by Gasteiger charge is -2.14. The van der Waals surface area contributed by atoms with Crippen LogP contribution >= 0.6 is 27.3 Å². The van der Waals surface area contributed by atoms with E-state index < -0.39 is 0 Å². The summed E-state index contributed by atoms with van der Waals surface area (Å²) >= 11 is 4.94. The molecule has 0 saturated heterocycles. The van der Waals surface area contributed by atoms with Gasteiger partial charge in [0.2, 0.25) is 0 Å². The van der Waals surface area contributed by atoms with Crippen molar-refractivity contribution in [3.63, 3.8) is 0 Å². The van der Waals surface area contributed by atoms with Crippen LogP contribution in [0.3, 0.4) is 0 Å². The monoisotopic (exact) mass is 364 g/mol. The molecule has 5 heteroatoms. The van der Waals surface area contributed by atoms with E-state index in [4.69, 9.17) is 0 Å². The van der Waals surface area contributed by atoms with E-state index in [2.05, 4.69) is 32.3 Å². The highest BCUT2D eigenvalue weighted by Gasteiger charge is 2.12. The van der Waals surface area contributed by atoms with Crippen LogP contribution in [-0.2, 0) is 6.54 Å². The summed E-state index contributed by atoms with van der Waals surface area (Å²) in [6.07, 6.45) is 0. The van der Waals surface area contributed by atoms with Crippen LogP contribution < -0.4 is 5.32 Å². The Hall–Kier alpha value is -1.30. The van der Waals surface area contributed by atoms with Crippen LogP contribution in [0.1, 0.15) is 23.5 Å². The van der Waals surface area contributed by atoms with Crippen LogP contribution in [0.5, 0.6) is 0 Å². The van der Waals surface area contributed by atoms with Crippen LogP contribution in [0.4, 0.5) is 4.39 Å². The second-order valence-corrected chi connectivity index (χ2v) is 6.87. The smallest absolute Gasteiger partial charge is 0.129 e. The topological polar surface area (TPSA) is 24.9 Å². The van der Waals surface area contributed by atoms with Crippen LogP contribution in [0.15, 0.2) is 46.9 Å². The Morgan fingerprint density at radius 1 is 1.29 bits per heavy atom. The molecule has 0 aliphatic heterocycles. The lowest BCUT2D eigenvalue weighted by molar-refractivity contribution is 0.527. The van der Waals surface area contributed by atoms with Gasteiger partial charge in [-0.05, 0) is 31.2 Å². The molecule has 2 nitrogen and oxygen atoms in total. The quantitative estimate of drug-likeness (QED) is 0.700. The average Bonchev–Trinajstić information content (AvgIpc) is 2.87. The molecule has 3 rings (SSSR count). The molecule has 0 radical (unpaired) electrons.